The second-order valence-corrected chi connectivity index (χ2v) is 6.04. The average molecular weight is 351 g/mol. The quantitative estimate of drug-likeness (QED) is 0.467. The van der Waals surface area contributed by atoms with Gasteiger partial charge in [-0.1, -0.05) is 18.2 Å². The molecule has 128 valence electrons. The molecule has 0 spiro atoms. The summed E-state index contributed by atoms with van der Waals surface area (Å²) < 4.78 is 35.4. The number of aryl methyl sites for hydroxylation is 1. The molecule has 0 saturated heterocycles. The lowest BCUT2D eigenvalue weighted by molar-refractivity contribution is 0.102. The highest BCUT2D eigenvalue weighted by atomic mass is 32.2. The first-order chi connectivity index (χ1) is 11.3. The highest BCUT2D eigenvalue weighted by Gasteiger charge is 2.13. The number of carbonyl (C=O) groups is 1. The third-order valence-electron chi connectivity index (χ3n) is 3.15. The summed E-state index contributed by atoms with van der Waals surface area (Å²) in [6.07, 6.45) is 0. The zero-order chi connectivity index (χ0) is 17.7. The second-order valence-electron chi connectivity index (χ2n) is 4.89. The largest absolute Gasteiger partial charge is 0.494 e. The molecule has 0 saturated carbocycles. The Morgan fingerprint density at radius 1 is 1.12 bits per heavy atom. The van der Waals surface area contributed by atoms with Crippen LogP contribution in [0.25, 0.3) is 0 Å². The fraction of sp³-hybridized carbons (Fsp3) is 0.133. The molecule has 2 aromatic carbocycles. The van der Waals surface area contributed by atoms with Gasteiger partial charge in [0.05, 0.1) is 12.8 Å². The van der Waals surface area contributed by atoms with Crippen molar-refractivity contribution in [3.8, 4) is 5.75 Å². The van der Waals surface area contributed by atoms with Gasteiger partial charge in [0, 0.05) is 17.3 Å². The maximum atomic E-state index is 12.2. The van der Waals surface area contributed by atoms with Crippen LogP contribution in [0.3, 0.4) is 0 Å². The van der Waals surface area contributed by atoms with Crippen LogP contribution in [-0.2, 0) is 10.3 Å². The number of ether oxygens (including phenoxy) is 1. The SMILES string of the molecule is COc1cc(NC(=O)c2ccccc2)c(C)cc1NNS(=O)(=O)O. The van der Waals surface area contributed by atoms with Crippen molar-refractivity contribution in [3.63, 3.8) is 0 Å². The van der Waals surface area contributed by atoms with Gasteiger partial charge in [-0.3, -0.25) is 9.35 Å². The minimum atomic E-state index is -4.41. The number of nitrogens with one attached hydrogen (secondary N) is 3. The molecule has 0 heterocycles. The van der Waals surface area contributed by atoms with Crippen molar-refractivity contribution < 1.29 is 22.5 Å². The molecule has 2 aromatic rings. The number of rotatable bonds is 6. The lowest BCUT2D eigenvalue weighted by Crippen LogP contribution is -2.28. The van der Waals surface area contributed by atoms with Gasteiger partial charge in [-0.25, -0.2) is 0 Å². The zero-order valence-electron chi connectivity index (χ0n) is 13.0. The van der Waals surface area contributed by atoms with E-state index in [9.17, 15) is 13.2 Å². The third-order valence-corrected chi connectivity index (χ3v) is 3.51. The molecular formula is C15H17N3O5S. The zero-order valence-corrected chi connectivity index (χ0v) is 13.8. The maximum Gasteiger partial charge on any atom is 0.350 e. The van der Waals surface area contributed by atoms with Gasteiger partial charge < -0.3 is 15.5 Å². The number of anilines is 2. The summed E-state index contributed by atoms with van der Waals surface area (Å²) in [5.41, 5.74) is 4.30. The number of benzene rings is 2. The highest BCUT2D eigenvalue weighted by Crippen LogP contribution is 2.31. The van der Waals surface area contributed by atoms with Crippen molar-refractivity contribution in [2.45, 2.75) is 6.92 Å². The summed E-state index contributed by atoms with van der Waals surface area (Å²) in [7, 11) is -3.02. The molecule has 0 atom stereocenters. The summed E-state index contributed by atoms with van der Waals surface area (Å²) in [6, 6.07) is 11.8. The normalized spacial score (nSPS) is 11.0. The first-order valence-electron chi connectivity index (χ1n) is 6.85. The Morgan fingerprint density at radius 3 is 2.38 bits per heavy atom. The Labute approximate surface area is 139 Å². The standard InChI is InChI=1S/C15H17N3O5S/c1-10-8-13(17-18-24(20,21)22)14(23-2)9-12(10)16-15(19)11-6-4-3-5-7-11/h3-9,17-18H,1-2H3,(H,16,19)(H,20,21,22). The van der Waals surface area contributed by atoms with Crippen molar-refractivity contribution >= 4 is 27.6 Å². The third kappa shape index (κ3) is 4.69. The van der Waals surface area contributed by atoms with Crippen LogP contribution in [0.5, 0.6) is 5.75 Å². The minimum Gasteiger partial charge on any atom is -0.494 e. The molecule has 4 N–H and O–H groups in total. The molecule has 24 heavy (non-hydrogen) atoms. The molecule has 0 aliphatic carbocycles. The topological polar surface area (TPSA) is 117 Å². The number of hydrogen-bond acceptors (Lipinski definition) is 5. The van der Waals surface area contributed by atoms with Crippen molar-refractivity contribution in [2.75, 3.05) is 17.9 Å². The Morgan fingerprint density at radius 2 is 1.79 bits per heavy atom. The molecule has 0 radical (unpaired) electrons. The molecule has 2 rings (SSSR count). The van der Waals surface area contributed by atoms with Crippen molar-refractivity contribution in [2.24, 2.45) is 0 Å². The molecule has 0 unspecified atom stereocenters. The van der Waals surface area contributed by atoms with E-state index in [4.69, 9.17) is 9.29 Å². The van der Waals surface area contributed by atoms with Gasteiger partial charge in [-0.05, 0) is 30.7 Å². The second kappa shape index (κ2) is 7.30. The van der Waals surface area contributed by atoms with Gasteiger partial charge in [-0.2, -0.15) is 8.42 Å². The van der Waals surface area contributed by atoms with Crippen LogP contribution in [-0.4, -0.2) is 26.0 Å². The number of hydrogen-bond donors (Lipinski definition) is 4. The van der Waals surface area contributed by atoms with E-state index in [1.807, 2.05) is 6.07 Å². The Kier molecular flexibility index (Phi) is 5.39. The summed E-state index contributed by atoms with van der Waals surface area (Å²) >= 11 is 0. The Balaban J connectivity index is 2.24. The average Bonchev–Trinajstić information content (AvgIpc) is 2.55. The number of amides is 1. The van der Waals surface area contributed by atoms with Crippen molar-refractivity contribution in [1.29, 1.82) is 0 Å². The van der Waals surface area contributed by atoms with Crippen molar-refractivity contribution in [3.05, 3.63) is 53.6 Å². The van der Waals surface area contributed by atoms with Crippen LogP contribution in [0, 0.1) is 6.92 Å². The number of carbonyl (C=O) groups excluding carboxylic acids is 1. The first kappa shape index (κ1) is 17.7. The summed E-state index contributed by atoms with van der Waals surface area (Å²) in [5.74, 6) is -0.00219. The van der Waals surface area contributed by atoms with Crippen LogP contribution in [0.2, 0.25) is 0 Å². The van der Waals surface area contributed by atoms with Crippen LogP contribution < -0.4 is 20.3 Å². The van der Waals surface area contributed by atoms with Crippen LogP contribution in [0.1, 0.15) is 15.9 Å². The van der Waals surface area contributed by atoms with E-state index in [1.54, 1.807) is 48.2 Å². The first-order valence-corrected chi connectivity index (χ1v) is 8.29. The van der Waals surface area contributed by atoms with Gasteiger partial charge in [-0.15, -0.1) is 4.83 Å². The molecule has 0 aromatic heterocycles. The van der Waals surface area contributed by atoms with Crippen molar-refractivity contribution in [1.82, 2.24) is 4.83 Å². The van der Waals surface area contributed by atoms with E-state index in [0.29, 0.717) is 16.8 Å². The lowest BCUT2D eigenvalue weighted by atomic mass is 10.1. The highest BCUT2D eigenvalue weighted by molar-refractivity contribution is 7.83. The lowest BCUT2D eigenvalue weighted by Gasteiger charge is -2.15. The molecule has 9 heteroatoms. The van der Waals surface area contributed by atoms with E-state index < -0.39 is 10.3 Å². The molecule has 8 nitrogen and oxygen atoms in total. The van der Waals surface area contributed by atoms with Gasteiger partial charge in [0.25, 0.3) is 5.91 Å². The molecule has 1 amide bonds. The van der Waals surface area contributed by atoms with Gasteiger partial charge in [0.1, 0.15) is 5.75 Å². The van der Waals surface area contributed by atoms with Gasteiger partial charge in [0.2, 0.25) is 0 Å². The number of hydrazine groups is 1. The maximum absolute atomic E-state index is 12.2. The van der Waals surface area contributed by atoms with Gasteiger partial charge >= 0.3 is 10.3 Å². The monoisotopic (exact) mass is 351 g/mol. The van der Waals surface area contributed by atoms with E-state index >= 15 is 0 Å². The van der Waals surface area contributed by atoms with E-state index in [0.717, 1.165) is 0 Å². The molecule has 0 aliphatic heterocycles. The fourth-order valence-corrected chi connectivity index (χ4v) is 2.23. The predicted octanol–water partition coefficient (Wildman–Crippen LogP) is 1.98. The van der Waals surface area contributed by atoms with E-state index in [1.165, 1.54) is 7.11 Å². The summed E-state index contributed by atoms with van der Waals surface area (Å²) in [5, 5.41) is 2.77. The number of methoxy groups -OCH3 is 1. The van der Waals surface area contributed by atoms with Crippen LogP contribution >= 0.6 is 0 Å². The smallest absolute Gasteiger partial charge is 0.350 e. The molecule has 0 fully saturated rings. The van der Waals surface area contributed by atoms with E-state index in [2.05, 4.69) is 10.7 Å². The molecule has 0 aliphatic rings. The molecule has 0 bridgehead atoms. The predicted molar refractivity (Wildman–Crippen MR) is 90.4 cm³/mol. The fourth-order valence-electron chi connectivity index (χ4n) is 1.99. The minimum absolute atomic E-state index is 0.278. The summed E-state index contributed by atoms with van der Waals surface area (Å²) in [4.78, 5) is 14.0. The Hall–Kier alpha value is -2.62. The van der Waals surface area contributed by atoms with Gasteiger partial charge in [0.15, 0.2) is 0 Å². The molecular weight excluding hydrogens is 334 g/mol. The van der Waals surface area contributed by atoms with Crippen LogP contribution in [0.15, 0.2) is 42.5 Å². The Bertz CT molecular complexity index is 838. The van der Waals surface area contributed by atoms with Crippen LogP contribution in [0.4, 0.5) is 11.4 Å². The summed E-state index contributed by atoms with van der Waals surface area (Å²) in [6.45, 7) is 1.73. The van der Waals surface area contributed by atoms with E-state index in [-0.39, 0.29) is 17.3 Å².